The average Bonchev–Trinajstić information content (AvgIpc) is 2.42. The third-order valence-corrected chi connectivity index (χ3v) is 3.40. The Kier molecular flexibility index (Phi) is 4.43. The lowest BCUT2D eigenvalue weighted by atomic mass is 10.0. The molecule has 0 aromatic heterocycles. The summed E-state index contributed by atoms with van der Waals surface area (Å²) in [5.74, 6) is 0.802. The number of ether oxygens (including phenoxy) is 1. The standard InChI is InChI=1S/C15H22N2O2/c1-3-5-12(16)11-6-7-14-13(9-11)17(8-4-2)15(18)10-19-14/h6-7,9,12H,3-5,8,10,16H2,1-2H3. The molecule has 1 atom stereocenters. The summed E-state index contributed by atoms with van der Waals surface area (Å²) in [5, 5.41) is 0. The van der Waals surface area contributed by atoms with E-state index in [4.69, 9.17) is 10.5 Å². The first kappa shape index (κ1) is 13.9. The number of nitrogens with two attached hydrogens (primary N) is 1. The Labute approximate surface area is 114 Å². The molecule has 0 saturated carbocycles. The van der Waals surface area contributed by atoms with Crippen LogP contribution in [0.15, 0.2) is 18.2 Å². The Morgan fingerprint density at radius 2 is 2.16 bits per heavy atom. The second kappa shape index (κ2) is 6.06. The van der Waals surface area contributed by atoms with Gasteiger partial charge in [-0.25, -0.2) is 0 Å². The fraction of sp³-hybridized carbons (Fsp3) is 0.533. The summed E-state index contributed by atoms with van der Waals surface area (Å²) in [7, 11) is 0. The summed E-state index contributed by atoms with van der Waals surface area (Å²) in [6.07, 6.45) is 2.92. The molecule has 104 valence electrons. The van der Waals surface area contributed by atoms with Crippen LogP contribution in [0, 0.1) is 0 Å². The summed E-state index contributed by atoms with van der Waals surface area (Å²) in [6, 6.07) is 5.95. The number of carbonyl (C=O) groups is 1. The monoisotopic (exact) mass is 262 g/mol. The Morgan fingerprint density at radius 3 is 2.84 bits per heavy atom. The fourth-order valence-electron chi connectivity index (χ4n) is 2.40. The predicted molar refractivity (Wildman–Crippen MR) is 76.4 cm³/mol. The number of anilines is 1. The predicted octanol–water partition coefficient (Wildman–Crippen LogP) is 2.62. The van der Waals surface area contributed by atoms with Crippen molar-refractivity contribution >= 4 is 11.6 Å². The van der Waals surface area contributed by atoms with Gasteiger partial charge in [-0.2, -0.15) is 0 Å². The van der Waals surface area contributed by atoms with E-state index >= 15 is 0 Å². The molecule has 4 heteroatoms. The second-order valence-corrected chi connectivity index (χ2v) is 4.96. The highest BCUT2D eigenvalue weighted by molar-refractivity contribution is 5.97. The van der Waals surface area contributed by atoms with E-state index in [-0.39, 0.29) is 18.6 Å². The molecule has 0 fully saturated rings. The minimum atomic E-state index is 0.0237. The highest BCUT2D eigenvalue weighted by Crippen LogP contribution is 2.34. The smallest absolute Gasteiger partial charge is 0.265 e. The van der Waals surface area contributed by atoms with Gasteiger partial charge in [0, 0.05) is 12.6 Å². The Morgan fingerprint density at radius 1 is 1.37 bits per heavy atom. The largest absolute Gasteiger partial charge is 0.482 e. The molecule has 0 radical (unpaired) electrons. The first-order chi connectivity index (χ1) is 9.17. The highest BCUT2D eigenvalue weighted by atomic mass is 16.5. The Balaban J connectivity index is 2.32. The van der Waals surface area contributed by atoms with Gasteiger partial charge in [-0.1, -0.05) is 26.3 Å². The van der Waals surface area contributed by atoms with Crippen LogP contribution in [0.2, 0.25) is 0 Å². The number of rotatable bonds is 5. The van der Waals surface area contributed by atoms with Crippen LogP contribution >= 0.6 is 0 Å². The van der Waals surface area contributed by atoms with Crippen LogP contribution in [0.1, 0.15) is 44.7 Å². The molecule has 1 aromatic rings. The second-order valence-electron chi connectivity index (χ2n) is 4.96. The van der Waals surface area contributed by atoms with Gasteiger partial charge in [-0.05, 0) is 30.5 Å². The van der Waals surface area contributed by atoms with Gasteiger partial charge in [0.15, 0.2) is 6.61 Å². The van der Waals surface area contributed by atoms with Crippen LogP contribution < -0.4 is 15.4 Å². The first-order valence-electron chi connectivity index (χ1n) is 7.00. The fourth-order valence-corrected chi connectivity index (χ4v) is 2.40. The van der Waals surface area contributed by atoms with Crippen molar-refractivity contribution in [3.05, 3.63) is 23.8 Å². The number of hydrogen-bond donors (Lipinski definition) is 1. The lowest BCUT2D eigenvalue weighted by molar-refractivity contribution is -0.121. The minimum absolute atomic E-state index is 0.0237. The Bertz CT molecular complexity index is 459. The van der Waals surface area contributed by atoms with Gasteiger partial charge in [0.05, 0.1) is 5.69 Å². The molecule has 1 aliphatic heterocycles. The van der Waals surface area contributed by atoms with Crippen molar-refractivity contribution in [3.63, 3.8) is 0 Å². The zero-order chi connectivity index (χ0) is 13.8. The zero-order valence-corrected chi connectivity index (χ0v) is 11.7. The van der Waals surface area contributed by atoms with E-state index < -0.39 is 0 Å². The van der Waals surface area contributed by atoms with E-state index in [1.54, 1.807) is 4.90 Å². The molecule has 19 heavy (non-hydrogen) atoms. The lowest BCUT2D eigenvalue weighted by Crippen LogP contribution is -2.39. The summed E-state index contributed by atoms with van der Waals surface area (Å²) < 4.78 is 5.47. The van der Waals surface area contributed by atoms with E-state index in [2.05, 4.69) is 13.8 Å². The summed E-state index contributed by atoms with van der Waals surface area (Å²) in [4.78, 5) is 13.7. The van der Waals surface area contributed by atoms with Gasteiger partial charge >= 0.3 is 0 Å². The van der Waals surface area contributed by atoms with Crippen molar-refractivity contribution in [2.24, 2.45) is 5.73 Å². The van der Waals surface area contributed by atoms with Gasteiger partial charge in [0.2, 0.25) is 0 Å². The maximum absolute atomic E-state index is 11.9. The number of benzene rings is 1. The van der Waals surface area contributed by atoms with Crippen LogP contribution in [-0.4, -0.2) is 19.1 Å². The maximum Gasteiger partial charge on any atom is 0.265 e. The molecule has 0 bridgehead atoms. The average molecular weight is 262 g/mol. The summed E-state index contributed by atoms with van der Waals surface area (Å²) in [6.45, 7) is 5.04. The number of amides is 1. The number of carbonyl (C=O) groups excluding carboxylic acids is 1. The third kappa shape index (κ3) is 2.89. The van der Waals surface area contributed by atoms with E-state index in [0.717, 1.165) is 42.8 Å². The van der Waals surface area contributed by atoms with Crippen molar-refractivity contribution in [2.75, 3.05) is 18.1 Å². The van der Waals surface area contributed by atoms with E-state index in [9.17, 15) is 4.79 Å². The first-order valence-corrected chi connectivity index (χ1v) is 7.00. The number of hydrogen-bond acceptors (Lipinski definition) is 3. The molecular formula is C15H22N2O2. The third-order valence-electron chi connectivity index (χ3n) is 3.40. The zero-order valence-electron chi connectivity index (χ0n) is 11.7. The normalized spacial score (nSPS) is 15.9. The van der Waals surface area contributed by atoms with Crippen LogP contribution in [0.5, 0.6) is 5.75 Å². The molecule has 0 saturated heterocycles. The molecule has 1 aromatic carbocycles. The van der Waals surface area contributed by atoms with Gasteiger partial charge in [0.25, 0.3) is 5.91 Å². The van der Waals surface area contributed by atoms with Crippen molar-refractivity contribution in [3.8, 4) is 5.75 Å². The van der Waals surface area contributed by atoms with E-state index in [1.807, 2.05) is 18.2 Å². The number of fused-ring (bicyclic) bond motifs is 1. The lowest BCUT2D eigenvalue weighted by Gasteiger charge is -2.30. The van der Waals surface area contributed by atoms with Crippen molar-refractivity contribution < 1.29 is 9.53 Å². The molecule has 1 amide bonds. The topological polar surface area (TPSA) is 55.6 Å². The molecule has 1 aliphatic rings. The molecule has 2 N–H and O–H groups in total. The highest BCUT2D eigenvalue weighted by Gasteiger charge is 2.25. The molecule has 0 spiro atoms. The van der Waals surface area contributed by atoms with Crippen molar-refractivity contribution in [1.29, 1.82) is 0 Å². The van der Waals surface area contributed by atoms with Crippen molar-refractivity contribution in [2.45, 2.75) is 39.2 Å². The van der Waals surface area contributed by atoms with Gasteiger partial charge in [-0.15, -0.1) is 0 Å². The summed E-state index contributed by atoms with van der Waals surface area (Å²) in [5.41, 5.74) is 8.08. The van der Waals surface area contributed by atoms with E-state index in [0.29, 0.717) is 0 Å². The van der Waals surface area contributed by atoms with Gasteiger partial charge in [0.1, 0.15) is 5.75 Å². The molecule has 2 rings (SSSR count). The van der Waals surface area contributed by atoms with Crippen LogP contribution in [0.4, 0.5) is 5.69 Å². The molecule has 0 aliphatic carbocycles. The SMILES string of the molecule is CCCC(N)c1ccc2c(c1)N(CCC)C(=O)CO2. The van der Waals surface area contributed by atoms with Crippen LogP contribution in [0.3, 0.4) is 0 Å². The molecule has 1 heterocycles. The van der Waals surface area contributed by atoms with Crippen LogP contribution in [0.25, 0.3) is 0 Å². The van der Waals surface area contributed by atoms with Crippen molar-refractivity contribution in [1.82, 2.24) is 0 Å². The maximum atomic E-state index is 11.9. The molecule has 4 nitrogen and oxygen atoms in total. The number of nitrogens with zero attached hydrogens (tertiary/aromatic N) is 1. The molecular weight excluding hydrogens is 240 g/mol. The Hall–Kier alpha value is -1.55. The summed E-state index contributed by atoms with van der Waals surface area (Å²) >= 11 is 0. The van der Waals surface area contributed by atoms with Gasteiger partial charge in [-0.3, -0.25) is 4.79 Å². The van der Waals surface area contributed by atoms with Gasteiger partial charge < -0.3 is 15.4 Å². The van der Waals surface area contributed by atoms with Crippen LogP contribution in [-0.2, 0) is 4.79 Å². The minimum Gasteiger partial charge on any atom is -0.482 e. The molecule has 1 unspecified atom stereocenters. The quantitative estimate of drug-likeness (QED) is 0.887. The van der Waals surface area contributed by atoms with E-state index in [1.165, 1.54) is 0 Å².